The lowest BCUT2D eigenvalue weighted by Gasteiger charge is -2.39. The topological polar surface area (TPSA) is 29.5 Å². The van der Waals surface area contributed by atoms with Crippen LogP contribution in [0.15, 0.2) is 159 Å². The molecule has 0 saturated heterocycles. The molecule has 2 atom stereocenters. The van der Waals surface area contributed by atoms with Crippen molar-refractivity contribution < 1.29 is 9.84 Å². The smallest absolute Gasteiger partial charge is 0.0785 e. The van der Waals surface area contributed by atoms with Crippen LogP contribution < -0.4 is 0 Å². The molecule has 1 N–H and O–H groups in total. The van der Waals surface area contributed by atoms with Crippen LogP contribution in [0.5, 0.6) is 0 Å². The van der Waals surface area contributed by atoms with Crippen LogP contribution in [0.4, 0.5) is 0 Å². The average molecular weight is 515 g/mol. The summed E-state index contributed by atoms with van der Waals surface area (Å²) in [7, 11) is 0. The lowest BCUT2D eigenvalue weighted by atomic mass is 9.68. The summed E-state index contributed by atoms with van der Waals surface area (Å²) in [4.78, 5) is 0. The molecule has 4 aromatic carbocycles. The van der Waals surface area contributed by atoms with Crippen LogP contribution in [0.3, 0.4) is 0 Å². The SMILES string of the molecule is C=CCO[C@@H](CC=C)C(C=CCC(O)C(c1ccccc1)c1ccccc1)(c1ccccc1)c1ccccc1. The molecule has 0 aliphatic heterocycles. The number of ether oxygens (including phenoxy) is 1. The van der Waals surface area contributed by atoms with Gasteiger partial charge in [-0.3, -0.25) is 0 Å². The number of rotatable bonds is 14. The van der Waals surface area contributed by atoms with Gasteiger partial charge in [0.2, 0.25) is 0 Å². The summed E-state index contributed by atoms with van der Waals surface area (Å²) in [6, 6.07) is 41.4. The maximum Gasteiger partial charge on any atom is 0.0785 e. The second-order valence-corrected chi connectivity index (χ2v) is 9.74. The van der Waals surface area contributed by atoms with Crippen LogP contribution >= 0.6 is 0 Å². The van der Waals surface area contributed by atoms with E-state index in [1.165, 1.54) is 0 Å². The van der Waals surface area contributed by atoms with Crippen molar-refractivity contribution in [3.05, 3.63) is 181 Å². The van der Waals surface area contributed by atoms with Gasteiger partial charge in [0.25, 0.3) is 0 Å². The van der Waals surface area contributed by atoms with E-state index in [1.54, 1.807) is 6.08 Å². The zero-order chi connectivity index (χ0) is 27.3. The molecule has 4 rings (SSSR count). The van der Waals surface area contributed by atoms with E-state index in [9.17, 15) is 5.11 Å². The first-order chi connectivity index (χ1) is 19.2. The van der Waals surface area contributed by atoms with E-state index < -0.39 is 11.5 Å². The van der Waals surface area contributed by atoms with Gasteiger partial charge in [-0.05, 0) is 35.1 Å². The minimum absolute atomic E-state index is 0.138. The van der Waals surface area contributed by atoms with Crippen molar-refractivity contribution >= 4 is 0 Å². The summed E-state index contributed by atoms with van der Waals surface area (Å²) in [6.07, 6.45) is 8.36. The third-order valence-electron chi connectivity index (χ3n) is 7.27. The van der Waals surface area contributed by atoms with E-state index in [0.29, 0.717) is 19.4 Å². The first kappa shape index (κ1) is 28.0. The van der Waals surface area contributed by atoms with Gasteiger partial charge < -0.3 is 9.84 Å². The Morgan fingerprint density at radius 3 is 1.54 bits per heavy atom. The average Bonchev–Trinajstić information content (AvgIpc) is 3.00. The van der Waals surface area contributed by atoms with E-state index in [4.69, 9.17) is 4.74 Å². The normalized spacial score (nSPS) is 13.3. The molecular weight excluding hydrogens is 476 g/mol. The molecule has 39 heavy (non-hydrogen) atoms. The Hall–Kier alpha value is -3.98. The Morgan fingerprint density at radius 2 is 1.10 bits per heavy atom. The monoisotopic (exact) mass is 514 g/mol. The van der Waals surface area contributed by atoms with Gasteiger partial charge in [0.15, 0.2) is 0 Å². The maximum atomic E-state index is 11.6. The highest BCUT2D eigenvalue weighted by Crippen LogP contribution is 2.41. The van der Waals surface area contributed by atoms with Gasteiger partial charge in [0, 0.05) is 5.92 Å². The standard InChI is InChI=1S/C37H38O2/c1-3-18-35(39-29-4-2)37(32-23-13-7-14-24-32,33-25-15-8-16-26-33)28-17-27-34(38)36(30-19-9-5-10-20-30)31-21-11-6-12-22-31/h3-17,19-26,28,34-36,38H,1-2,18,27,29H2/t34?,35-/m0/s1. The second kappa shape index (κ2) is 14.2. The Bertz CT molecular complexity index is 1220. The minimum atomic E-state index is -0.609. The Morgan fingerprint density at radius 1 is 0.641 bits per heavy atom. The van der Waals surface area contributed by atoms with E-state index >= 15 is 0 Å². The van der Waals surface area contributed by atoms with Crippen molar-refractivity contribution in [1.82, 2.24) is 0 Å². The van der Waals surface area contributed by atoms with E-state index in [-0.39, 0.29) is 12.0 Å². The van der Waals surface area contributed by atoms with Crippen molar-refractivity contribution in [2.45, 2.75) is 36.4 Å². The number of hydrogen-bond acceptors (Lipinski definition) is 2. The van der Waals surface area contributed by atoms with Crippen molar-refractivity contribution in [1.29, 1.82) is 0 Å². The number of aliphatic hydroxyl groups excluding tert-OH is 1. The molecule has 0 radical (unpaired) electrons. The van der Waals surface area contributed by atoms with Gasteiger partial charge in [-0.25, -0.2) is 0 Å². The summed E-state index contributed by atoms with van der Waals surface area (Å²) in [5.41, 5.74) is 3.86. The van der Waals surface area contributed by atoms with Crippen LogP contribution in [-0.2, 0) is 10.2 Å². The molecule has 0 amide bonds. The van der Waals surface area contributed by atoms with Gasteiger partial charge >= 0.3 is 0 Å². The molecule has 0 bridgehead atoms. The molecule has 2 nitrogen and oxygen atoms in total. The lowest BCUT2D eigenvalue weighted by molar-refractivity contribution is 0.0424. The minimum Gasteiger partial charge on any atom is -0.392 e. The molecule has 198 valence electrons. The molecule has 0 fully saturated rings. The molecule has 0 saturated carbocycles. The van der Waals surface area contributed by atoms with Crippen molar-refractivity contribution in [3.8, 4) is 0 Å². The van der Waals surface area contributed by atoms with Crippen LogP contribution in [0.25, 0.3) is 0 Å². The quantitative estimate of drug-likeness (QED) is 0.172. The van der Waals surface area contributed by atoms with Gasteiger partial charge in [0.05, 0.1) is 24.2 Å². The van der Waals surface area contributed by atoms with Gasteiger partial charge in [-0.15, -0.1) is 13.2 Å². The van der Waals surface area contributed by atoms with E-state index in [1.807, 2.05) is 54.6 Å². The fourth-order valence-corrected chi connectivity index (χ4v) is 5.47. The van der Waals surface area contributed by atoms with Gasteiger partial charge in [-0.1, -0.05) is 146 Å². The maximum absolute atomic E-state index is 11.6. The number of hydrogen-bond donors (Lipinski definition) is 1. The van der Waals surface area contributed by atoms with Crippen LogP contribution in [0.1, 0.15) is 41.0 Å². The molecule has 2 heteroatoms. The molecule has 0 aromatic heterocycles. The fraction of sp³-hybridized carbons (Fsp3) is 0.189. The summed E-state index contributed by atoms with van der Waals surface area (Å²) in [5, 5.41) is 11.6. The predicted molar refractivity (Wildman–Crippen MR) is 163 cm³/mol. The largest absolute Gasteiger partial charge is 0.392 e. The summed E-state index contributed by atoms with van der Waals surface area (Å²) in [5.74, 6) is -0.138. The number of benzene rings is 4. The van der Waals surface area contributed by atoms with Crippen molar-refractivity contribution in [3.63, 3.8) is 0 Å². The molecule has 0 aliphatic rings. The third kappa shape index (κ3) is 6.72. The van der Waals surface area contributed by atoms with Crippen molar-refractivity contribution in [2.24, 2.45) is 0 Å². The zero-order valence-corrected chi connectivity index (χ0v) is 22.5. The predicted octanol–water partition coefficient (Wildman–Crippen LogP) is 8.26. The van der Waals surface area contributed by atoms with Crippen LogP contribution in [0.2, 0.25) is 0 Å². The first-order valence-electron chi connectivity index (χ1n) is 13.6. The van der Waals surface area contributed by atoms with E-state index in [0.717, 1.165) is 22.3 Å². The first-order valence-corrected chi connectivity index (χ1v) is 13.6. The Labute approximate surface area is 233 Å². The van der Waals surface area contributed by atoms with Gasteiger partial charge in [-0.2, -0.15) is 0 Å². The van der Waals surface area contributed by atoms with Crippen LogP contribution in [0, 0.1) is 0 Å². The molecular formula is C37H38O2. The van der Waals surface area contributed by atoms with E-state index in [2.05, 4.69) is 98.1 Å². The number of aliphatic hydroxyl groups is 1. The fourth-order valence-electron chi connectivity index (χ4n) is 5.47. The Kier molecular flexibility index (Phi) is 10.2. The van der Waals surface area contributed by atoms with Crippen LogP contribution in [-0.4, -0.2) is 23.9 Å². The molecule has 1 unspecified atom stereocenters. The summed E-state index contributed by atoms with van der Waals surface area (Å²) < 4.78 is 6.45. The summed E-state index contributed by atoms with van der Waals surface area (Å²) in [6.45, 7) is 8.35. The summed E-state index contributed by atoms with van der Waals surface area (Å²) >= 11 is 0. The molecule has 0 spiro atoms. The third-order valence-corrected chi connectivity index (χ3v) is 7.27. The highest BCUT2D eigenvalue weighted by molar-refractivity contribution is 5.47. The molecule has 4 aromatic rings. The highest BCUT2D eigenvalue weighted by atomic mass is 16.5. The molecule has 0 aliphatic carbocycles. The van der Waals surface area contributed by atoms with Crippen molar-refractivity contribution in [2.75, 3.05) is 6.61 Å². The zero-order valence-electron chi connectivity index (χ0n) is 22.5. The Balaban J connectivity index is 1.77. The second-order valence-electron chi connectivity index (χ2n) is 9.74. The lowest BCUT2D eigenvalue weighted by Crippen LogP contribution is -2.41. The highest BCUT2D eigenvalue weighted by Gasteiger charge is 2.40. The van der Waals surface area contributed by atoms with Gasteiger partial charge in [0.1, 0.15) is 0 Å². The molecule has 0 heterocycles.